The van der Waals surface area contributed by atoms with Crippen molar-refractivity contribution in [2.75, 3.05) is 0 Å². The van der Waals surface area contributed by atoms with Crippen molar-refractivity contribution in [2.45, 2.75) is 26.3 Å². The Kier molecular flexibility index (Phi) is 3.70. The summed E-state index contributed by atoms with van der Waals surface area (Å²) in [5.41, 5.74) is -0.546. The van der Waals surface area contributed by atoms with Gasteiger partial charge >= 0.3 is 0 Å². The van der Waals surface area contributed by atoms with Gasteiger partial charge in [-0.2, -0.15) is 5.26 Å². The van der Waals surface area contributed by atoms with Crippen LogP contribution in [0.25, 0.3) is 0 Å². The summed E-state index contributed by atoms with van der Waals surface area (Å²) in [6.07, 6.45) is 1.10. The van der Waals surface area contributed by atoms with E-state index in [0.29, 0.717) is 24.3 Å². The molecule has 0 bridgehead atoms. The van der Waals surface area contributed by atoms with E-state index in [4.69, 9.17) is 5.26 Å². The molecule has 104 valence electrons. The van der Waals surface area contributed by atoms with Crippen molar-refractivity contribution in [1.29, 1.82) is 5.26 Å². The van der Waals surface area contributed by atoms with Crippen LogP contribution in [0.5, 0.6) is 0 Å². The molecule has 1 saturated carbocycles. The monoisotopic (exact) mass is 273 g/mol. The fraction of sp³-hybridized carbons (Fsp3) is 0.429. The Morgan fingerprint density at radius 3 is 2.75 bits per heavy atom. The van der Waals surface area contributed by atoms with Crippen LogP contribution in [0.3, 0.4) is 0 Å². The number of para-hydroxylation sites is 1. The van der Waals surface area contributed by atoms with Gasteiger partial charge in [0, 0.05) is 18.2 Å². The maximum Gasteiger partial charge on any atom is 0.274 e. The molecule has 6 heteroatoms. The maximum absolute atomic E-state index is 12.1. The second-order valence-corrected chi connectivity index (χ2v) is 5.28. The van der Waals surface area contributed by atoms with Crippen LogP contribution < -0.4 is 5.32 Å². The van der Waals surface area contributed by atoms with E-state index in [1.807, 2.05) is 6.92 Å². The Labute approximate surface area is 116 Å². The lowest BCUT2D eigenvalue weighted by molar-refractivity contribution is -0.385. The van der Waals surface area contributed by atoms with Crippen molar-refractivity contribution in [3.05, 3.63) is 39.9 Å². The molecular formula is C14H15N3O3. The third-order valence-corrected chi connectivity index (χ3v) is 3.67. The van der Waals surface area contributed by atoms with Gasteiger partial charge in [-0.05, 0) is 18.8 Å². The van der Waals surface area contributed by atoms with Gasteiger partial charge in [-0.15, -0.1) is 0 Å². The summed E-state index contributed by atoms with van der Waals surface area (Å²) in [6, 6.07) is 8.32. The molecule has 1 aromatic carbocycles. The number of hydrogen-bond donors (Lipinski definition) is 1. The molecular weight excluding hydrogens is 258 g/mol. The van der Waals surface area contributed by atoms with E-state index in [1.165, 1.54) is 6.07 Å². The molecule has 0 atom stereocenters. The van der Waals surface area contributed by atoms with E-state index in [0.717, 1.165) is 0 Å². The zero-order chi connectivity index (χ0) is 14.8. The molecule has 1 aliphatic rings. The minimum absolute atomic E-state index is 0.0271. The van der Waals surface area contributed by atoms with Gasteiger partial charge in [0.1, 0.15) is 5.41 Å². The molecule has 0 radical (unpaired) electrons. The predicted molar refractivity (Wildman–Crippen MR) is 71.4 cm³/mol. The van der Waals surface area contributed by atoms with Crippen LogP contribution in [-0.2, 0) is 11.3 Å². The van der Waals surface area contributed by atoms with Gasteiger partial charge < -0.3 is 5.32 Å². The smallest absolute Gasteiger partial charge is 0.274 e. The van der Waals surface area contributed by atoms with Crippen LogP contribution in [0, 0.1) is 32.8 Å². The maximum atomic E-state index is 12.1. The molecule has 1 aromatic rings. The molecule has 20 heavy (non-hydrogen) atoms. The molecule has 6 nitrogen and oxygen atoms in total. The van der Waals surface area contributed by atoms with Crippen LogP contribution in [0.15, 0.2) is 24.3 Å². The first-order chi connectivity index (χ1) is 9.48. The summed E-state index contributed by atoms with van der Waals surface area (Å²) in [6.45, 7) is 2.05. The number of nitro groups is 1. The third kappa shape index (κ3) is 2.48. The van der Waals surface area contributed by atoms with Gasteiger partial charge in [-0.1, -0.05) is 25.1 Å². The molecule has 0 spiro atoms. The highest BCUT2D eigenvalue weighted by Gasteiger charge is 2.48. The Hall–Kier alpha value is -2.42. The average molecular weight is 273 g/mol. The van der Waals surface area contributed by atoms with Gasteiger partial charge in [-0.25, -0.2) is 0 Å². The largest absolute Gasteiger partial charge is 0.350 e. The number of rotatable bonds is 4. The van der Waals surface area contributed by atoms with E-state index in [9.17, 15) is 14.9 Å². The zero-order valence-electron chi connectivity index (χ0n) is 11.1. The quantitative estimate of drug-likeness (QED) is 0.671. The highest BCUT2D eigenvalue weighted by molar-refractivity contribution is 5.86. The average Bonchev–Trinajstić information content (AvgIpc) is 2.41. The lowest BCUT2D eigenvalue weighted by atomic mass is 9.63. The molecule has 0 unspecified atom stereocenters. The van der Waals surface area contributed by atoms with Crippen LogP contribution >= 0.6 is 0 Å². The van der Waals surface area contributed by atoms with Gasteiger partial charge in [0.2, 0.25) is 5.91 Å². The highest BCUT2D eigenvalue weighted by atomic mass is 16.6. The Morgan fingerprint density at radius 2 is 2.20 bits per heavy atom. The summed E-state index contributed by atoms with van der Waals surface area (Å²) in [4.78, 5) is 22.5. The first-order valence-electron chi connectivity index (χ1n) is 6.40. The number of nitriles is 1. The Bertz CT molecular complexity index is 586. The van der Waals surface area contributed by atoms with Gasteiger partial charge in [0.05, 0.1) is 11.0 Å². The minimum atomic E-state index is -0.955. The molecule has 0 aliphatic heterocycles. The molecule has 1 aliphatic carbocycles. The first kappa shape index (κ1) is 14.0. The topological polar surface area (TPSA) is 96.0 Å². The van der Waals surface area contributed by atoms with Crippen LogP contribution in [0.4, 0.5) is 5.69 Å². The zero-order valence-corrected chi connectivity index (χ0v) is 11.1. The van der Waals surface area contributed by atoms with Crippen molar-refractivity contribution in [2.24, 2.45) is 11.3 Å². The van der Waals surface area contributed by atoms with Crippen molar-refractivity contribution in [1.82, 2.24) is 5.32 Å². The fourth-order valence-electron chi connectivity index (χ4n) is 2.64. The summed E-state index contributed by atoms with van der Waals surface area (Å²) in [5, 5.41) is 22.7. The lowest BCUT2D eigenvalue weighted by Crippen LogP contribution is -2.47. The van der Waals surface area contributed by atoms with Crippen molar-refractivity contribution < 1.29 is 9.72 Å². The number of carbonyl (C=O) groups is 1. The normalized spacial score (nSPS) is 24.3. The fourth-order valence-corrected chi connectivity index (χ4v) is 2.64. The Morgan fingerprint density at radius 1 is 1.55 bits per heavy atom. The number of nitro benzene ring substituents is 1. The van der Waals surface area contributed by atoms with Crippen molar-refractivity contribution >= 4 is 11.6 Å². The molecule has 1 fully saturated rings. The Balaban J connectivity index is 2.05. The summed E-state index contributed by atoms with van der Waals surface area (Å²) in [5.74, 6) is 0.0303. The number of amides is 1. The van der Waals surface area contributed by atoms with E-state index in [1.54, 1.807) is 18.2 Å². The highest BCUT2D eigenvalue weighted by Crippen LogP contribution is 2.45. The number of nitrogens with zero attached hydrogens (tertiary/aromatic N) is 2. The lowest BCUT2D eigenvalue weighted by Gasteiger charge is -2.39. The van der Waals surface area contributed by atoms with Gasteiger partial charge in [0.25, 0.3) is 5.69 Å². The first-order valence-corrected chi connectivity index (χ1v) is 6.40. The second-order valence-electron chi connectivity index (χ2n) is 5.28. The van der Waals surface area contributed by atoms with Crippen LogP contribution in [0.2, 0.25) is 0 Å². The van der Waals surface area contributed by atoms with E-state index in [-0.39, 0.29) is 18.1 Å². The third-order valence-electron chi connectivity index (χ3n) is 3.67. The molecule has 2 rings (SSSR count). The standard InChI is InChI=1S/C14H15N3O3/c1-10-6-14(7-10,9-15)13(18)16-8-11-4-2-3-5-12(11)17(19)20/h2-5,10H,6-8H2,1H3,(H,16,18). The number of benzene rings is 1. The van der Waals surface area contributed by atoms with E-state index in [2.05, 4.69) is 11.4 Å². The van der Waals surface area contributed by atoms with Gasteiger partial charge in [-0.3, -0.25) is 14.9 Å². The van der Waals surface area contributed by atoms with E-state index >= 15 is 0 Å². The molecule has 1 amide bonds. The number of nitrogens with one attached hydrogen (secondary N) is 1. The van der Waals surface area contributed by atoms with Crippen LogP contribution in [-0.4, -0.2) is 10.8 Å². The summed E-state index contributed by atoms with van der Waals surface area (Å²) < 4.78 is 0. The number of hydrogen-bond acceptors (Lipinski definition) is 4. The SMILES string of the molecule is CC1CC(C#N)(C(=O)NCc2ccccc2[N+](=O)[O-])C1. The molecule has 0 saturated heterocycles. The summed E-state index contributed by atoms with van der Waals surface area (Å²) >= 11 is 0. The van der Waals surface area contributed by atoms with E-state index < -0.39 is 10.3 Å². The molecule has 0 heterocycles. The van der Waals surface area contributed by atoms with Crippen LogP contribution in [0.1, 0.15) is 25.3 Å². The predicted octanol–water partition coefficient (Wildman–Crippen LogP) is 2.15. The van der Waals surface area contributed by atoms with Crippen molar-refractivity contribution in [3.63, 3.8) is 0 Å². The number of carbonyl (C=O) groups excluding carboxylic acids is 1. The molecule has 0 aromatic heterocycles. The summed E-state index contributed by atoms with van der Waals surface area (Å²) in [7, 11) is 0. The minimum Gasteiger partial charge on any atom is -0.350 e. The van der Waals surface area contributed by atoms with Gasteiger partial charge in [0.15, 0.2) is 0 Å². The van der Waals surface area contributed by atoms with Crippen molar-refractivity contribution in [3.8, 4) is 6.07 Å². The second kappa shape index (κ2) is 5.29. The molecule has 1 N–H and O–H groups in total.